The Kier molecular flexibility index (Phi) is 7.86. The lowest BCUT2D eigenvalue weighted by Gasteiger charge is -2.15. The first kappa shape index (κ1) is 18.7. The average molecular weight is 315 g/mol. The van der Waals surface area contributed by atoms with E-state index < -0.39 is 5.91 Å². The molecule has 5 nitrogen and oxygen atoms in total. The zero-order valence-electron chi connectivity index (χ0n) is 14.0. The molecule has 1 aromatic carbocycles. The molecule has 0 aromatic heterocycles. The fraction of sp³-hybridized carbons (Fsp3) is 0.444. The molecular weight excluding hydrogens is 290 g/mol. The van der Waals surface area contributed by atoms with Crippen molar-refractivity contribution >= 4 is 11.6 Å². The van der Waals surface area contributed by atoms with E-state index in [1.807, 2.05) is 45.0 Å². The van der Waals surface area contributed by atoms with Crippen LogP contribution in [0.15, 0.2) is 30.0 Å². The zero-order chi connectivity index (χ0) is 17.2. The monoisotopic (exact) mass is 315 g/mol. The van der Waals surface area contributed by atoms with Gasteiger partial charge in [0.25, 0.3) is 5.91 Å². The second-order valence-electron chi connectivity index (χ2n) is 5.24. The van der Waals surface area contributed by atoms with Crippen LogP contribution in [0.2, 0.25) is 0 Å². The van der Waals surface area contributed by atoms with Crippen molar-refractivity contribution in [3.05, 3.63) is 41.1 Å². The highest BCUT2D eigenvalue weighted by molar-refractivity contribution is 6.07. The third kappa shape index (κ3) is 5.11. The van der Waals surface area contributed by atoms with Crippen molar-refractivity contribution in [2.75, 3.05) is 11.9 Å². The summed E-state index contributed by atoms with van der Waals surface area (Å²) in [6.45, 7) is 5.92. The molecule has 1 atom stereocenters. The van der Waals surface area contributed by atoms with E-state index in [4.69, 9.17) is 5.11 Å². The highest BCUT2D eigenvalue weighted by Gasteiger charge is 2.14. The molecule has 1 unspecified atom stereocenters. The SMILES string of the molecule is CCc1cccc(CC)c1NC(=O)/C(C#N)=C\NC(CC)CO. The first-order valence-electron chi connectivity index (χ1n) is 8.00. The summed E-state index contributed by atoms with van der Waals surface area (Å²) in [5, 5.41) is 24.1. The molecule has 1 aromatic rings. The lowest BCUT2D eigenvalue weighted by molar-refractivity contribution is -0.112. The first-order valence-corrected chi connectivity index (χ1v) is 8.00. The number of nitrogens with zero attached hydrogens (tertiary/aromatic N) is 1. The number of anilines is 1. The Morgan fingerprint density at radius 2 is 1.91 bits per heavy atom. The Labute approximate surface area is 138 Å². The number of carbonyl (C=O) groups is 1. The smallest absolute Gasteiger partial charge is 0.267 e. The summed E-state index contributed by atoms with van der Waals surface area (Å²) >= 11 is 0. The first-order chi connectivity index (χ1) is 11.1. The van der Waals surface area contributed by atoms with Crippen LogP contribution in [0.4, 0.5) is 5.69 Å². The van der Waals surface area contributed by atoms with Gasteiger partial charge >= 0.3 is 0 Å². The average Bonchev–Trinajstić information content (AvgIpc) is 2.58. The number of para-hydroxylation sites is 1. The van der Waals surface area contributed by atoms with Gasteiger partial charge in [0.2, 0.25) is 0 Å². The van der Waals surface area contributed by atoms with Crippen LogP contribution in [-0.2, 0) is 17.6 Å². The van der Waals surface area contributed by atoms with Crippen molar-refractivity contribution < 1.29 is 9.90 Å². The second kappa shape index (κ2) is 9.65. The predicted octanol–water partition coefficient (Wildman–Crippen LogP) is 2.52. The van der Waals surface area contributed by atoms with Crippen LogP contribution in [0.1, 0.15) is 38.3 Å². The number of carbonyl (C=O) groups excluding carboxylic acids is 1. The maximum atomic E-state index is 12.4. The molecule has 0 fully saturated rings. The summed E-state index contributed by atoms with van der Waals surface area (Å²) in [4.78, 5) is 12.4. The number of aliphatic hydroxyl groups is 1. The lowest BCUT2D eigenvalue weighted by atomic mass is 10.0. The highest BCUT2D eigenvalue weighted by Crippen LogP contribution is 2.23. The quantitative estimate of drug-likeness (QED) is 0.508. The minimum Gasteiger partial charge on any atom is -0.394 e. The standard InChI is InChI=1S/C18H25N3O2/c1-4-13-8-7-9-14(5-2)17(13)21-18(23)15(10-19)11-20-16(6-3)12-22/h7-9,11,16,20,22H,4-6,12H2,1-3H3,(H,21,23)/b15-11-. The Hall–Kier alpha value is -2.32. The summed E-state index contributed by atoms with van der Waals surface area (Å²) in [5.41, 5.74) is 2.87. The van der Waals surface area contributed by atoms with E-state index >= 15 is 0 Å². The van der Waals surface area contributed by atoms with E-state index in [-0.39, 0.29) is 18.2 Å². The number of nitrogens with one attached hydrogen (secondary N) is 2. The Bertz CT molecular complexity index is 577. The summed E-state index contributed by atoms with van der Waals surface area (Å²) in [7, 11) is 0. The fourth-order valence-corrected chi connectivity index (χ4v) is 2.23. The molecule has 0 saturated heterocycles. The molecule has 0 aliphatic heterocycles. The Morgan fingerprint density at radius 1 is 1.30 bits per heavy atom. The van der Waals surface area contributed by atoms with Gasteiger partial charge in [-0.05, 0) is 30.4 Å². The van der Waals surface area contributed by atoms with Gasteiger partial charge in [-0.25, -0.2) is 0 Å². The lowest BCUT2D eigenvalue weighted by Crippen LogP contribution is -2.28. The van der Waals surface area contributed by atoms with Crippen molar-refractivity contribution in [2.45, 2.75) is 46.1 Å². The van der Waals surface area contributed by atoms with Gasteiger partial charge in [-0.2, -0.15) is 5.26 Å². The van der Waals surface area contributed by atoms with Crippen LogP contribution in [0.3, 0.4) is 0 Å². The van der Waals surface area contributed by atoms with E-state index in [0.717, 1.165) is 29.7 Å². The van der Waals surface area contributed by atoms with Gasteiger partial charge < -0.3 is 15.7 Å². The normalized spacial score (nSPS) is 12.4. The third-order valence-corrected chi connectivity index (χ3v) is 3.78. The van der Waals surface area contributed by atoms with Crippen LogP contribution < -0.4 is 10.6 Å². The zero-order valence-corrected chi connectivity index (χ0v) is 14.0. The maximum absolute atomic E-state index is 12.4. The minimum atomic E-state index is -0.441. The molecule has 23 heavy (non-hydrogen) atoms. The number of benzene rings is 1. The molecule has 5 heteroatoms. The minimum absolute atomic E-state index is 0.00939. The van der Waals surface area contributed by atoms with Crippen molar-refractivity contribution in [1.29, 1.82) is 5.26 Å². The molecule has 0 spiro atoms. The van der Waals surface area contributed by atoms with Crippen LogP contribution in [-0.4, -0.2) is 23.7 Å². The number of hydrogen-bond donors (Lipinski definition) is 3. The van der Waals surface area contributed by atoms with E-state index in [1.54, 1.807) is 0 Å². The number of rotatable bonds is 8. The van der Waals surface area contributed by atoms with Gasteiger partial charge in [-0.3, -0.25) is 4.79 Å². The fourth-order valence-electron chi connectivity index (χ4n) is 2.23. The number of aryl methyl sites for hydroxylation is 2. The number of amides is 1. The molecule has 0 aliphatic rings. The molecule has 0 radical (unpaired) electrons. The van der Waals surface area contributed by atoms with Crippen molar-refractivity contribution in [3.8, 4) is 6.07 Å². The number of hydrogen-bond acceptors (Lipinski definition) is 4. The summed E-state index contributed by atoms with van der Waals surface area (Å²) in [5.74, 6) is -0.441. The van der Waals surface area contributed by atoms with Gasteiger partial charge in [0.05, 0.1) is 6.61 Å². The van der Waals surface area contributed by atoms with E-state index in [2.05, 4.69) is 10.6 Å². The number of aliphatic hydroxyl groups excluding tert-OH is 1. The van der Waals surface area contributed by atoms with Gasteiger partial charge in [-0.1, -0.05) is 39.0 Å². The van der Waals surface area contributed by atoms with Crippen LogP contribution in [0.5, 0.6) is 0 Å². The molecule has 0 bridgehead atoms. The number of nitriles is 1. The van der Waals surface area contributed by atoms with Gasteiger partial charge in [0.1, 0.15) is 11.6 Å². The molecule has 0 aliphatic carbocycles. The Morgan fingerprint density at radius 3 is 2.35 bits per heavy atom. The summed E-state index contributed by atoms with van der Waals surface area (Å²) in [6.07, 6.45) is 3.68. The second-order valence-corrected chi connectivity index (χ2v) is 5.24. The van der Waals surface area contributed by atoms with Gasteiger partial charge in [0, 0.05) is 17.9 Å². The van der Waals surface area contributed by atoms with Crippen LogP contribution in [0, 0.1) is 11.3 Å². The van der Waals surface area contributed by atoms with Gasteiger partial charge in [0.15, 0.2) is 0 Å². The largest absolute Gasteiger partial charge is 0.394 e. The van der Waals surface area contributed by atoms with Crippen LogP contribution in [0.25, 0.3) is 0 Å². The molecule has 1 amide bonds. The van der Waals surface area contributed by atoms with E-state index in [0.29, 0.717) is 6.42 Å². The third-order valence-electron chi connectivity index (χ3n) is 3.78. The molecule has 0 saturated carbocycles. The highest BCUT2D eigenvalue weighted by atomic mass is 16.3. The maximum Gasteiger partial charge on any atom is 0.267 e. The summed E-state index contributed by atoms with van der Waals surface area (Å²) in [6, 6.07) is 7.66. The van der Waals surface area contributed by atoms with Gasteiger partial charge in [-0.15, -0.1) is 0 Å². The van der Waals surface area contributed by atoms with Crippen molar-refractivity contribution in [2.24, 2.45) is 0 Å². The molecule has 124 valence electrons. The van der Waals surface area contributed by atoms with E-state index in [1.165, 1.54) is 6.20 Å². The van der Waals surface area contributed by atoms with E-state index in [9.17, 15) is 10.1 Å². The van der Waals surface area contributed by atoms with Crippen molar-refractivity contribution in [1.82, 2.24) is 5.32 Å². The summed E-state index contributed by atoms with van der Waals surface area (Å²) < 4.78 is 0. The van der Waals surface area contributed by atoms with Crippen molar-refractivity contribution in [3.63, 3.8) is 0 Å². The topological polar surface area (TPSA) is 85.2 Å². The molecule has 0 heterocycles. The molecule has 1 rings (SSSR count). The molecule has 3 N–H and O–H groups in total. The Balaban J connectivity index is 2.97. The predicted molar refractivity (Wildman–Crippen MR) is 91.8 cm³/mol. The molecular formula is C18H25N3O2. The van der Waals surface area contributed by atoms with Crippen LogP contribution >= 0.6 is 0 Å².